The van der Waals surface area contributed by atoms with Gasteiger partial charge in [0.15, 0.2) is 0 Å². The van der Waals surface area contributed by atoms with E-state index >= 15 is 0 Å². The number of nitrogens with one attached hydrogen (secondary N) is 2. The van der Waals surface area contributed by atoms with E-state index in [2.05, 4.69) is 25.6 Å². The predicted octanol–water partition coefficient (Wildman–Crippen LogP) is 1.97. The quantitative estimate of drug-likeness (QED) is 0.837. The van der Waals surface area contributed by atoms with Crippen molar-refractivity contribution in [2.75, 3.05) is 17.7 Å². The molecule has 0 fully saturated rings. The summed E-state index contributed by atoms with van der Waals surface area (Å²) in [5, 5.41) is 12.7. The SMILES string of the molecule is COC(=O)c1ccccc1NC(=O)Nc1nncs1. The minimum atomic E-state index is -0.521. The molecule has 0 atom stereocenters. The Bertz CT molecular complexity index is 585. The fourth-order valence-corrected chi connectivity index (χ4v) is 1.80. The highest BCUT2D eigenvalue weighted by molar-refractivity contribution is 7.13. The van der Waals surface area contributed by atoms with Crippen LogP contribution in [0.1, 0.15) is 10.4 Å². The van der Waals surface area contributed by atoms with Crippen molar-refractivity contribution in [2.24, 2.45) is 0 Å². The van der Waals surface area contributed by atoms with Gasteiger partial charge in [0.2, 0.25) is 5.13 Å². The summed E-state index contributed by atoms with van der Waals surface area (Å²) in [6.45, 7) is 0. The number of anilines is 2. The average molecular weight is 278 g/mol. The van der Waals surface area contributed by atoms with E-state index in [1.807, 2.05) is 0 Å². The summed E-state index contributed by atoms with van der Waals surface area (Å²) in [6.07, 6.45) is 0. The summed E-state index contributed by atoms with van der Waals surface area (Å²) in [6, 6.07) is 6.04. The molecule has 0 bridgehead atoms. The Hall–Kier alpha value is -2.48. The third-order valence-electron chi connectivity index (χ3n) is 2.16. The van der Waals surface area contributed by atoms with Crippen molar-refractivity contribution in [1.29, 1.82) is 0 Å². The molecule has 2 rings (SSSR count). The van der Waals surface area contributed by atoms with Crippen LogP contribution in [0.3, 0.4) is 0 Å². The fraction of sp³-hybridized carbons (Fsp3) is 0.0909. The van der Waals surface area contributed by atoms with Gasteiger partial charge in [-0.05, 0) is 12.1 Å². The van der Waals surface area contributed by atoms with Crippen LogP contribution in [0.2, 0.25) is 0 Å². The number of amides is 2. The van der Waals surface area contributed by atoms with E-state index in [0.717, 1.165) is 0 Å². The Labute approximate surface area is 112 Å². The molecule has 2 N–H and O–H groups in total. The molecule has 8 heteroatoms. The largest absolute Gasteiger partial charge is 0.465 e. The lowest BCUT2D eigenvalue weighted by molar-refractivity contribution is 0.0602. The molecular weight excluding hydrogens is 268 g/mol. The second-order valence-corrected chi connectivity index (χ2v) is 4.19. The van der Waals surface area contributed by atoms with Gasteiger partial charge in [0, 0.05) is 0 Å². The van der Waals surface area contributed by atoms with Gasteiger partial charge in [-0.1, -0.05) is 23.5 Å². The maximum absolute atomic E-state index is 11.7. The van der Waals surface area contributed by atoms with E-state index in [4.69, 9.17) is 0 Å². The summed E-state index contributed by atoms with van der Waals surface area (Å²) < 4.78 is 4.63. The summed E-state index contributed by atoms with van der Waals surface area (Å²) in [7, 11) is 1.28. The first-order valence-corrected chi connectivity index (χ1v) is 6.10. The number of ether oxygens (including phenoxy) is 1. The topological polar surface area (TPSA) is 93.2 Å². The van der Waals surface area contributed by atoms with Crippen molar-refractivity contribution < 1.29 is 14.3 Å². The molecule has 1 aromatic heterocycles. The third kappa shape index (κ3) is 3.26. The van der Waals surface area contributed by atoms with Gasteiger partial charge in [0.05, 0.1) is 18.4 Å². The van der Waals surface area contributed by atoms with Crippen LogP contribution in [-0.4, -0.2) is 29.3 Å². The molecule has 1 heterocycles. The standard InChI is InChI=1S/C11H10N4O3S/c1-18-9(16)7-4-2-3-5-8(7)13-10(17)14-11-15-12-6-19-11/h2-6H,1H3,(H2,13,14,15,17). The van der Waals surface area contributed by atoms with E-state index < -0.39 is 12.0 Å². The number of carbonyl (C=O) groups is 2. The van der Waals surface area contributed by atoms with Gasteiger partial charge in [-0.3, -0.25) is 5.32 Å². The lowest BCUT2D eigenvalue weighted by atomic mass is 10.2. The molecule has 0 aliphatic heterocycles. The highest BCUT2D eigenvalue weighted by Gasteiger charge is 2.13. The first-order valence-electron chi connectivity index (χ1n) is 5.22. The van der Waals surface area contributed by atoms with Gasteiger partial charge in [0.25, 0.3) is 0 Å². The maximum atomic E-state index is 11.7. The molecule has 0 spiro atoms. The normalized spacial score (nSPS) is 9.74. The zero-order chi connectivity index (χ0) is 13.7. The van der Waals surface area contributed by atoms with Crippen molar-refractivity contribution in [2.45, 2.75) is 0 Å². The Morgan fingerprint density at radius 3 is 2.74 bits per heavy atom. The first kappa shape index (κ1) is 13.0. The number of hydrogen-bond donors (Lipinski definition) is 2. The van der Waals surface area contributed by atoms with Crippen LogP contribution >= 0.6 is 11.3 Å². The minimum Gasteiger partial charge on any atom is -0.465 e. The van der Waals surface area contributed by atoms with E-state index in [0.29, 0.717) is 10.8 Å². The van der Waals surface area contributed by atoms with E-state index in [1.54, 1.807) is 24.3 Å². The van der Waals surface area contributed by atoms with Gasteiger partial charge in [-0.15, -0.1) is 10.2 Å². The number of urea groups is 1. The third-order valence-corrected chi connectivity index (χ3v) is 2.77. The highest BCUT2D eigenvalue weighted by atomic mass is 32.1. The van der Waals surface area contributed by atoms with E-state index in [-0.39, 0.29) is 5.56 Å². The predicted molar refractivity (Wildman–Crippen MR) is 70.3 cm³/mol. The van der Waals surface area contributed by atoms with Crippen molar-refractivity contribution in [3.63, 3.8) is 0 Å². The van der Waals surface area contributed by atoms with Crippen molar-refractivity contribution in [1.82, 2.24) is 10.2 Å². The van der Waals surface area contributed by atoms with Gasteiger partial charge in [0.1, 0.15) is 5.51 Å². The van der Waals surface area contributed by atoms with Crippen LogP contribution in [0.25, 0.3) is 0 Å². The molecule has 7 nitrogen and oxygen atoms in total. The number of aromatic nitrogens is 2. The number of benzene rings is 1. The lowest BCUT2D eigenvalue weighted by Gasteiger charge is -2.09. The van der Waals surface area contributed by atoms with Gasteiger partial charge in [-0.2, -0.15) is 0 Å². The van der Waals surface area contributed by atoms with Crippen LogP contribution < -0.4 is 10.6 Å². The lowest BCUT2D eigenvalue weighted by Crippen LogP contribution is -2.21. The Balaban J connectivity index is 2.10. The van der Waals surface area contributed by atoms with Crippen molar-refractivity contribution >= 4 is 34.2 Å². The van der Waals surface area contributed by atoms with Crippen LogP contribution in [0.15, 0.2) is 29.8 Å². The zero-order valence-corrected chi connectivity index (χ0v) is 10.7. The van der Waals surface area contributed by atoms with Gasteiger partial charge >= 0.3 is 12.0 Å². The number of rotatable bonds is 3. The molecule has 0 saturated carbocycles. The maximum Gasteiger partial charge on any atom is 0.339 e. The van der Waals surface area contributed by atoms with Crippen molar-refractivity contribution in [3.8, 4) is 0 Å². The Kier molecular flexibility index (Phi) is 4.04. The molecule has 19 heavy (non-hydrogen) atoms. The van der Waals surface area contributed by atoms with Crippen LogP contribution in [0, 0.1) is 0 Å². The van der Waals surface area contributed by atoms with Gasteiger partial charge < -0.3 is 10.1 Å². The monoisotopic (exact) mass is 278 g/mol. The molecule has 1 aromatic carbocycles. The molecular formula is C11H10N4O3S. The zero-order valence-electron chi connectivity index (χ0n) is 9.91. The van der Waals surface area contributed by atoms with Crippen LogP contribution in [0.4, 0.5) is 15.6 Å². The molecule has 0 radical (unpaired) electrons. The summed E-state index contributed by atoms with van der Waals surface area (Å²) in [5.41, 5.74) is 2.13. The Morgan fingerprint density at radius 2 is 2.05 bits per heavy atom. The molecule has 2 amide bonds. The second-order valence-electron chi connectivity index (χ2n) is 3.36. The van der Waals surface area contributed by atoms with Gasteiger partial charge in [-0.25, -0.2) is 9.59 Å². The number of nitrogens with zero attached hydrogens (tertiary/aromatic N) is 2. The van der Waals surface area contributed by atoms with Crippen LogP contribution in [0.5, 0.6) is 0 Å². The molecule has 0 aliphatic carbocycles. The molecule has 98 valence electrons. The second kappa shape index (κ2) is 5.91. The summed E-state index contributed by atoms with van der Waals surface area (Å²) >= 11 is 1.19. The fourth-order valence-electron chi connectivity index (χ4n) is 1.36. The number of esters is 1. The number of carbonyl (C=O) groups excluding carboxylic acids is 2. The molecule has 0 unspecified atom stereocenters. The molecule has 0 aliphatic rings. The van der Waals surface area contributed by atoms with Crippen molar-refractivity contribution in [3.05, 3.63) is 35.3 Å². The number of para-hydroxylation sites is 1. The highest BCUT2D eigenvalue weighted by Crippen LogP contribution is 2.16. The summed E-state index contributed by atoms with van der Waals surface area (Å²) in [5.74, 6) is -0.521. The average Bonchev–Trinajstić information content (AvgIpc) is 2.91. The molecule has 0 saturated heterocycles. The smallest absolute Gasteiger partial charge is 0.339 e. The van der Waals surface area contributed by atoms with E-state index in [1.165, 1.54) is 24.0 Å². The number of hydrogen-bond acceptors (Lipinski definition) is 6. The minimum absolute atomic E-state index is 0.275. The summed E-state index contributed by atoms with van der Waals surface area (Å²) in [4.78, 5) is 23.2. The van der Waals surface area contributed by atoms with E-state index in [9.17, 15) is 9.59 Å². The van der Waals surface area contributed by atoms with Crippen LogP contribution in [-0.2, 0) is 4.74 Å². The molecule has 2 aromatic rings. The Morgan fingerprint density at radius 1 is 1.26 bits per heavy atom. The number of methoxy groups -OCH3 is 1. The first-order chi connectivity index (χ1) is 9.20.